The lowest BCUT2D eigenvalue weighted by Gasteiger charge is -2.02. The van der Waals surface area contributed by atoms with Gasteiger partial charge in [-0.25, -0.2) is 4.39 Å². The Morgan fingerprint density at radius 3 is 1.93 bits per heavy atom. The minimum atomic E-state index is -0.193. The van der Waals surface area contributed by atoms with Gasteiger partial charge in [-0.05, 0) is 29.8 Å². The average molecular weight is 441 g/mol. The van der Waals surface area contributed by atoms with Crippen LogP contribution in [0.3, 0.4) is 0 Å². The van der Waals surface area contributed by atoms with Gasteiger partial charge in [-0.1, -0.05) is 54.6 Å². The van der Waals surface area contributed by atoms with Gasteiger partial charge in [0.2, 0.25) is 0 Å². The molecule has 0 amide bonds. The lowest BCUT2D eigenvalue weighted by molar-refractivity contribution is 0.628. The summed E-state index contributed by atoms with van der Waals surface area (Å²) in [6, 6.07) is 26.9. The maximum Gasteiger partial charge on any atom is 0.123 e. The first kappa shape index (κ1) is 16.9. The molecule has 4 heteroatoms. The minimum absolute atomic E-state index is 0.193. The monoisotopic (exact) mass is 440 g/mol. The molecule has 0 N–H and O–H groups in total. The number of benzene rings is 4. The third-order valence-electron chi connectivity index (χ3n) is 5.80. The molecule has 0 saturated carbocycles. The van der Waals surface area contributed by atoms with Gasteiger partial charge in [0.05, 0.1) is 4.01 Å². The van der Waals surface area contributed by atoms with Crippen LogP contribution in [0.4, 0.5) is 4.39 Å². The van der Waals surface area contributed by atoms with Crippen LogP contribution in [0.2, 0.25) is 0 Å². The summed E-state index contributed by atoms with van der Waals surface area (Å²) in [6.07, 6.45) is 0. The van der Waals surface area contributed by atoms with Crippen molar-refractivity contribution in [2.24, 2.45) is 0 Å². The summed E-state index contributed by atoms with van der Waals surface area (Å²) in [4.78, 5) is 1.19. The lowest BCUT2D eigenvalue weighted by Crippen LogP contribution is -1.75. The Balaban J connectivity index is 1.50. The molecule has 0 atom stereocenters. The molecular weight excluding hydrogens is 427 g/mol. The fourth-order valence-electron chi connectivity index (χ4n) is 4.37. The number of rotatable bonds is 1. The van der Waals surface area contributed by atoms with E-state index in [1.807, 2.05) is 34.8 Å². The van der Waals surface area contributed by atoms with Crippen molar-refractivity contribution >= 4 is 84.4 Å². The Kier molecular flexibility index (Phi) is 3.45. The molecule has 0 fully saturated rings. The molecular formula is C26H13FS3. The molecule has 0 aliphatic heterocycles. The molecule has 0 unspecified atom stereocenters. The number of fused-ring (bicyclic) bond motifs is 9. The van der Waals surface area contributed by atoms with E-state index in [1.54, 1.807) is 11.3 Å². The van der Waals surface area contributed by atoms with E-state index in [0.29, 0.717) is 0 Å². The predicted octanol–water partition coefficient (Wildman–Crippen LogP) is 9.44. The van der Waals surface area contributed by atoms with Crippen LogP contribution in [0.15, 0.2) is 78.9 Å². The minimum Gasteiger partial charge on any atom is -0.207 e. The standard InChI is InChI=1S/C26H13FS3/c27-15-7-5-14(6-8-15)23-13-21-20-12-11-18-19(25(20)30-26(21)29-23)10-9-17-16-3-1-2-4-22(16)28-24(17)18/h1-13H. The number of hydrogen-bond acceptors (Lipinski definition) is 3. The Bertz CT molecular complexity index is 1750. The highest BCUT2D eigenvalue weighted by Crippen LogP contribution is 2.47. The van der Waals surface area contributed by atoms with Crippen LogP contribution < -0.4 is 0 Å². The SMILES string of the molecule is Fc1ccc(-c2cc3c(s2)sc2c3ccc3c2ccc2c4ccccc4sc23)cc1. The van der Waals surface area contributed by atoms with Crippen LogP contribution in [-0.4, -0.2) is 0 Å². The van der Waals surface area contributed by atoms with Crippen molar-refractivity contribution in [3.05, 3.63) is 84.7 Å². The van der Waals surface area contributed by atoms with Crippen LogP contribution >= 0.6 is 34.0 Å². The second kappa shape index (κ2) is 6.11. The summed E-state index contributed by atoms with van der Waals surface area (Å²) in [5, 5.41) is 7.98. The zero-order valence-electron chi connectivity index (χ0n) is 15.6. The van der Waals surface area contributed by atoms with Crippen molar-refractivity contribution in [3.8, 4) is 10.4 Å². The molecule has 0 spiro atoms. The van der Waals surface area contributed by atoms with Crippen LogP contribution in [-0.2, 0) is 0 Å². The smallest absolute Gasteiger partial charge is 0.123 e. The van der Waals surface area contributed by atoms with Gasteiger partial charge < -0.3 is 0 Å². The maximum absolute atomic E-state index is 13.3. The summed E-state index contributed by atoms with van der Waals surface area (Å²) in [6.45, 7) is 0. The lowest BCUT2D eigenvalue weighted by atomic mass is 10.0. The van der Waals surface area contributed by atoms with Gasteiger partial charge in [0.25, 0.3) is 0 Å². The Morgan fingerprint density at radius 2 is 1.17 bits per heavy atom. The van der Waals surface area contributed by atoms with Crippen molar-refractivity contribution in [1.29, 1.82) is 0 Å². The molecule has 0 radical (unpaired) electrons. The first-order chi connectivity index (χ1) is 14.8. The number of halogens is 1. The largest absolute Gasteiger partial charge is 0.207 e. The molecule has 142 valence electrons. The van der Waals surface area contributed by atoms with E-state index in [9.17, 15) is 4.39 Å². The Labute approximate surface area is 183 Å². The molecule has 3 heterocycles. The van der Waals surface area contributed by atoms with Crippen molar-refractivity contribution in [2.75, 3.05) is 0 Å². The van der Waals surface area contributed by atoms with Crippen LogP contribution in [0.25, 0.3) is 60.9 Å². The molecule has 0 aliphatic carbocycles. The summed E-state index contributed by atoms with van der Waals surface area (Å²) in [5.41, 5.74) is 1.07. The zero-order valence-corrected chi connectivity index (χ0v) is 18.1. The van der Waals surface area contributed by atoms with Gasteiger partial charge in [0.1, 0.15) is 5.82 Å². The molecule has 7 rings (SSSR count). The fourth-order valence-corrected chi connectivity index (χ4v) is 8.24. The Morgan fingerprint density at radius 1 is 0.533 bits per heavy atom. The molecule has 0 nitrogen and oxygen atoms in total. The van der Waals surface area contributed by atoms with Crippen molar-refractivity contribution in [3.63, 3.8) is 0 Å². The third kappa shape index (κ3) is 2.30. The highest BCUT2D eigenvalue weighted by molar-refractivity contribution is 7.43. The zero-order chi connectivity index (χ0) is 19.8. The highest BCUT2D eigenvalue weighted by atomic mass is 32.2. The van der Waals surface area contributed by atoms with Crippen LogP contribution in [0.1, 0.15) is 0 Å². The normalized spacial score (nSPS) is 12.2. The van der Waals surface area contributed by atoms with Gasteiger partial charge in [0.15, 0.2) is 0 Å². The van der Waals surface area contributed by atoms with E-state index in [2.05, 4.69) is 54.6 Å². The first-order valence-electron chi connectivity index (χ1n) is 9.71. The average Bonchev–Trinajstić information content (AvgIpc) is 3.44. The first-order valence-corrected chi connectivity index (χ1v) is 12.2. The fraction of sp³-hybridized carbons (Fsp3) is 0. The third-order valence-corrected chi connectivity index (χ3v) is 9.55. The molecule has 7 aromatic rings. The highest BCUT2D eigenvalue weighted by Gasteiger charge is 2.15. The van der Waals surface area contributed by atoms with E-state index in [-0.39, 0.29) is 5.82 Å². The van der Waals surface area contributed by atoms with Crippen molar-refractivity contribution < 1.29 is 4.39 Å². The number of thiophene rings is 3. The summed E-state index contributed by atoms with van der Waals surface area (Å²) < 4.78 is 18.7. The van der Waals surface area contributed by atoms with Crippen molar-refractivity contribution in [1.82, 2.24) is 0 Å². The second-order valence-corrected chi connectivity index (χ2v) is 10.9. The van der Waals surface area contributed by atoms with Gasteiger partial charge in [-0.3, -0.25) is 0 Å². The summed E-state index contributed by atoms with van der Waals surface area (Å²) >= 11 is 5.56. The van der Waals surface area contributed by atoms with Gasteiger partial charge in [0, 0.05) is 51.3 Å². The van der Waals surface area contributed by atoms with Gasteiger partial charge >= 0.3 is 0 Å². The van der Waals surface area contributed by atoms with E-state index < -0.39 is 0 Å². The van der Waals surface area contributed by atoms with Crippen LogP contribution in [0, 0.1) is 5.82 Å². The van der Waals surface area contributed by atoms with E-state index in [0.717, 1.165) is 5.56 Å². The predicted molar refractivity (Wildman–Crippen MR) is 133 cm³/mol. The van der Waals surface area contributed by atoms with E-state index >= 15 is 0 Å². The quantitative estimate of drug-likeness (QED) is 0.238. The summed E-state index contributed by atoms with van der Waals surface area (Å²) in [7, 11) is 0. The van der Waals surface area contributed by atoms with Crippen LogP contribution in [0.5, 0.6) is 0 Å². The van der Waals surface area contributed by atoms with Crippen molar-refractivity contribution in [2.45, 2.75) is 0 Å². The van der Waals surface area contributed by atoms with E-state index in [4.69, 9.17) is 0 Å². The van der Waals surface area contributed by atoms with Gasteiger partial charge in [-0.15, -0.1) is 34.0 Å². The second-order valence-electron chi connectivity index (χ2n) is 7.50. The summed E-state index contributed by atoms with van der Waals surface area (Å²) in [5.74, 6) is -0.193. The molecule has 0 bridgehead atoms. The molecule has 0 saturated heterocycles. The topological polar surface area (TPSA) is 0 Å². The Hall–Kier alpha value is -2.79. The van der Waals surface area contributed by atoms with E-state index in [1.165, 1.54) is 67.4 Å². The molecule has 0 aliphatic rings. The maximum atomic E-state index is 13.3. The number of hydrogen-bond donors (Lipinski definition) is 0. The van der Waals surface area contributed by atoms with Gasteiger partial charge in [-0.2, -0.15) is 0 Å². The molecule has 3 aromatic heterocycles. The molecule has 4 aromatic carbocycles. The molecule has 30 heavy (non-hydrogen) atoms.